The van der Waals surface area contributed by atoms with E-state index < -0.39 is 17.3 Å². The van der Waals surface area contributed by atoms with Gasteiger partial charge in [-0.15, -0.1) is 0 Å². The molecule has 26 heavy (non-hydrogen) atoms. The Hall–Kier alpha value is -3.16. The van der Waals surface area contributed by atoms with Gasteiger partial charge in [0.1, 0.15) is 17.0 Å². The van der Waals surface area contributed by atoms with E-state index in [1.54, 1.807) is 19.1 Å². The lowest BCUT2D eigenvalue weighted by molar-refractivity contribution is -0.137. The van der Waals surface area contributed by atoms with Gasteiger partial charge in [-0.1, -0.05) is 19.6 Å². The summed E-state index contributed by atoms with van der Waals surface area (Å²) >= 11 is 0. The minimum Gasteiger partial charge on any atom is -0.339 e. The molecule has 0 bridgehead atoms. The van der Waals surface area contributed by atoms with Crippen molar-refractivity contribution >= 4 is 23.4 Å². The standard InChI is InChI=1S/C17H12F3N3O2.CH4/c1-10-4-3-7-23-15(10)22-14(13(9-24)16(23)25)21-12-6-2-5-11(8-12)17(18,19)20;/h2-9,21H,1H3;1H4. The molecular formula is C18H16F3N3O2. The summed E-state index contributed by atoms with van der Waals surface area (Å²) in [5, 5.41) is 2.64. The third-order valence-electron chi connectivity index (χ3n) is 3.65. The summed E-state index contributed by atoms with van der Waals surface area (Å²) in [5.41, 5.74) is -0.642. The molecule has 2 aromatic heterocycles. The highest BCUT2D eigenvalue weighted by Gasteiger charge is 2.30. The Bertz CT molecular complexity index is 1030. The van der Waals surface area contributed by atoms with Crippen molar-refractivity contribution in [2.45, 2.75) is 20.5 Å². The monoisotopic (exact) mass is 363 g/mol. The lowest BCUT2D eigenvalue weighted by Crippen LogP contribution is -2.22. The Morgan fingerprint density at radius 1 is 1.19 bits per heavy atom. The molecule has 3 aromatic rings. The fourth-order valence-corrected chi connectivity index (χ4v) is 2.42. The summed E-state index contributed by atoms with van der Waals surface area (Å²) in [6.45, 7) is 1.73. The zero-order chi connectivity index (χ0) is 18.2. The number of nitrogens with zero attached hydrogens (tertiary/aromatic N) is 2. The Morgan fingerprint density at radius 3 is 2.58 bits per heavy atom. The van der Waals surface area contributed by atoms with E-state index in [-0.39, 0.29) is 24.5 Å². The first kappa shape index (κ1) is 19.2. The van der Waals surface area contributed by atoms with Gasteiger partial charge in [0.05, 0.1) is 5.56 Å². The maximum atomic E-state index is 12.8. The Balaban J connectivity index is 0.00000243. The normalized spacial score (nSPS) is 11.1. The number of fused-ring (bicyclic) bond motifs is 1. The fraction of sp³-hybridized carbons (Fsp3) is 0.167. The van der Waals surface area contributed by atoms with Crippen molar-refractivity contribution < 1.29 is 18.0 Å². The van der Waals surface area contributed by atoms with Gasteiger partial charge in [-0.25, -0.2) is 4.98 Å². The highest BCUT2D eigenvalue weighted by Crippen LogP contribution is 2.31. The molecule has 3 rings (SSSR count). The average molecular weight is 363 g/mol. The van der Waals surface area contributed by atoms with Crippen molar-refractivity contribution in [3.63, 3.8) is 0 Å². The van der Waals surface area contributed by atoms with Crippen LogP contribution in [0.4, 0.5) is 24.7 Å². The summed E-state index contributed by atoms with van der Waals surface area (Å²) in [5.74, 6) is -0.0892. The van der Waals surface area contributed by atoms with E-state index in [2.05, 4.69) is 10.3 Å². The van der Waals surface area contributed by atoms with E-state index in [0.717, 1.165) is 12.1 Å². The van der Waals surface area contributed by atoms with Crippen LogP contribution in [0.5, 0.6) is 0 Å². The van der Waals surface area contributed by atoms with Gasteiger partial charge in [0.15, 0.2) is 6.29 Å². The number of hydrogen-bond donors (Lipinski definition) is 1. The molecule has 0 saturated heterocycles. The third-order valence-corrected chi connectivity index (χ3v) is 3.65. The van der Waals surface area contributed by atoms with Crippen LogP contribution in [0.1, 0.15) is 28.9 Å². The topological polar surface area (TPSA) is 63.5 Å². The number of hydrogen-bond acceptors (Lipinski definition) is 4. The van der Waals surface area contributed by atoms with Crippen LogP contribution in [-0.2, 0) is 6.18 Å². The van der Waals surface area contributed by atoms with Crippen molar-refractivity contribution in [1.82, 2.24) is 9.38 Å². The van der Waals surface area contributed by atoms with E-state index in [1.807, 2.05) is 0 Å². The number of aromatic nitrogens is 2. The Kier molecular flexibility index (Phi) is 5.15. The van der Waals surface area contributed by atoms with Gasteiger partial charge in [-0.3, -0.25) is 14.0 Å². The van der Waals surface area contributed by atoms with E-state index in [9.17, 15) is 22.8 Å². The molecule has 0 aliphatic rings. The quantitative estimate of drug-likeness (QED) is 0.708. The molecule has 1 aromatic carbocycles. The van der Waals surface area contributed by atoms with Crippen LogP contribution in [-0.4, -0.2) is 15.7 Å². The predicted octanol–water partition coefficient (Wildman–Crippen LogP) is 4.21. The predicted molar refractivity (Wildman–Crippen MR) is 93.0 cm³/mol. The number of carbonyl (C=O) groups is 1. The molecule has 0 spiro atoms. The van der Waals surface area contributed by atoms with Gasteiger partial charge < -0.3 is 5.32 Å². The Morgan fingerprint density at radius 2 is 1.92 bits per heavy atom. The maximum Gasteiger partial charge on any atom is 0.416 e. The number of rotatable bonds is 3. The number of benzene rings is 1. The number of aldehydes is 1. The summed E-state index contributed by atoms with van der Waals surface area (Å²) in [6.07, 6.45) is -2.70. The van der Waals surface area contributed by atoms with E-state index >= 15 is 0 Å². The molecule has 1 N–H and O–H groups in total. The number of halogens is 3. The SMILES string of the molecule is C.Cc1cccn2c(=O)c(C=O)c(Nc3cccc(C(F)(F)F)c3)nc12. The van der Waals surface area contributed by atoms with Gasteiger partial charge in [-0.2, -0.15) is 13.2 Å². The molecule has 0 atom stereocenters. The second-order valence-electron chi connectivity index (χ2n) is 5.39. The van der Waals surface area contributed by atoms with Crippen molar-refractivity contribution in [2.24, 2.45) is 0 Å². The van der Waals surface area contributed by atoms with Gasteiger partial charge in [0, 0.05) is 11.9 Å². The van der Waals surface area contributed by atoms with Crippen molar-refractivity contribution in [1.29, 1.82) is 0 Å². The fourth-order valence-electron chi connectivity index (χ4n) is 2.42. The molecule has 8 heteroatoms. The molecule has 0 unspecified atom stereocenters. The first-order chi connectivity index (χ1) is 11.8. The zero-order valence-corrected chi connectivity index (χ0v) is 13.0. The Labute approximate surface area is 147 Å². The molecule has 2 heterocycles. The van der Waals surface area contributed by atoms with E-state index in [1.165, 1.54) is 22.7 Å². The number of nitrogens with one attached hydrogen (secondary N) is 1. The molecule has 0 amide bonds. The molecule has 0 aliphatic heterocycles. The first-order valence-electron chi connectivity index (χ1n) is 7.22. The van der Waals surface area contributed by atoms with Crippen LogP contribution < -0.4 is 10.9 Å². The molecule has 0 radical (unpaired) electrons. The summed E-state index contributed by atoms with van der Waals surface area (Å²) in [6, 6.07) is 7.81. The molecule has 136 valence electrons. The molecule has 5 nitrogen and oxygen atoms in total. The third kappa shape index (κ3) is 3.44. The minimum atomic E-state index is -4.50. The number of carbonyl (C=O) groups excluding carboxylic acids is 1. The molecule has 0 aliphatic carbocycles. The molecular weight excluding hydrogens is 347 g/mol. The summed E-state index contributed by atoms with van der Waals surface area (Å²) in [7, 11) is 0. The maximum absolute atomic E-state index is 12.8. The first-order valence-corrected chi connectivity index (χ1v) is 7.22. The number of pyridine rings is 1. The van der Waals surface area contributed by atoms with Crippen LogP contribution in [0.25, 0.3) is 5.65 Å². The second kappa shape index (κ2) is 6.99. The largest absolute Gasteiger partial charge is 0.416 e. The average Bonchev–Trinajstić information content (AvgIpc) is 2.56. The summed E-state index contributed by atoms with van der Waals surface area (Å²) < 4.78 is 39.7. The second-order valence-corrected chi connectivity index (χ2v) is 5.39. The van der Waals surface area contributed by atoms with Gasteiger partial charge in [0.25, 0.3) is 5.56 Å². The van der Waals surface area contributed by atoms with Crippen molar-refractivity contribution in [2.75, 3.05) is 5.32 Å². The lowest BCUT2D eigenvalue weighted by Gasteiger charge is -2.12. The molecule has 0 saturated carbocycles. The van der Waals surface area contributed by atoms with Crippen LogP contribution in [0.2, 0.25) is 0 Å². The van der Waals surface area contributed by atoms with Crippen LogP contribution in [0.15, 0.2) is 47.4 Å². The highest BCUT2D eigenvalue weighted by molar-refractivity contribution is 5.84. The number of aryl methyl sites for hydroxylation is 1. The number of alkyl halides is 3. The van der Waals surface area contributed by atoms with Crippen molar-refractivity contribution in [3.05, 3.63) is 69.6 Å². The smallest absolute Gasteiger partial charge is 0.339 e. The van der Waals surface area contributed by atoms with Gasteiger partial charge in [-0.05, 0) is 36.8 Å². The minimum absolute atomic E-state index is 0. The summed E-state index contributed by atoms with van der Waals surface area (Å²) in [4.78, 5) is 28.0. The van der Waals surface area contributed by atoms with E-state index in [4.69, 9.17) is 0 Å². The molecule has 0 fully saturated rings. The van der Waals surface area contributed by atoms with Gasteiger partial charge in [0.2, 0.25) is 0 Å². The van der Waals surface area contributed by atoms with Gasteiger partial charge >= 0.3 is 6.18 Å². The number of anilines is 2. The lowest BCUT2D eigenvalue weighted by atomic mass is 10.2. The van der Waals surface area contributed by atoms with Crippen LogP contribution in [0.3, 0.4) is 0 Å². The van der Waals surface area contributed by atoms with Crippen LogP contribution in [0, 0.1) is 6.92 Å². The van der Waals surface area contributed by atoms with Crippen molar-refractivity contribution in [3.8, 4) is 0 Å². The zero-order valence-electron chi connectivity index (χ0n) is 13.0. The van der Waals surface area contributed by atoms with Crippen LogP contribution >= 0.6 is 0 Å². The highest BCUT2D eigenvalue weighted by atomic mass is 19.4. The van der Waals surface area contributed by atoms with E-state index in [0.29, 0.717) is 17.5 Å².